The maximum atomic E-state index is 12.6. The molecule has 0 unspecified atom stereocenters. The molecule has 0 aromatic heterocycles. The number of hydrogen-bond acceptors (Lipinski definition) is 5. The van der Waals surface area contributed by atoms with Gasteiger partial charge in [-0.2, -0.15) is 0 Å². The molecule has 0 spiro atoms. The Balaban J connectivity index is 1.84. The number of carboxylic acids is 1. The molecule has 0 radical (unpaired) electrons. The lowest BCUT2D eigenvalue weighted by atomic mass is 9.90. The summed E-state index contributed by atoms with van der Waals surface area (Å²) in [5, 5.41) is 23.3. The highest BCUT2D eigenvalue weighted by atomic mass is 16.4. The third kappa shape index (κ3) is 4.64. The van der Waals surface area contributed by atoms with Crippen LogP contribution in [0.15, 0.2) is 63.8 Å². The van der Waals surface area contributed by atoms with E-state index in [1.54, 1.807) is 24.3 Å². The predicted octanol–water partition coefficient (Wildman–Crippen LogP) is 5.13. The van der Waals surface area contributed by atoms with Crippen molar-refractivity contribution in [2.45, 2.75) is 26.7 Å². The molecular weight excluding hydrogens is 434 g/mol. The van der Waals surface area contributed by atoms with Gasteiger partial charge < -0.3 is 19.9 Å². The predicted molar refractivity (Wildman–Crippen MR) is 130 cm³/mol. The quantitative estimate of drug-likeness (QED) is 0.260. The van der Waals surface area contributed by atoms with Crippen molar-refractivity contribution in [1.82, 2.24) is 5.32 Å². The molecule has 1 heterocycles. The van der Waals surface area contributed by atoms with Crippen molar-refractivity contribution in [3.8, 4) is 28.2 Å². The Kier molecular flexibility index (Phi) is 6.36. The number of fused-ring (bicyclic) bond motifs is 2. The molecule has 3 N–H and O–H groups in total. The van der Waals surface area contributed by atoms with E-state index in [9.17, 15) is 24.6 Å². The van der Waals surface area contributed by atoms with Crippen LogP contribution in [0.1, 0.15) is 47.4 Å². The van der Waals surface area contributed by atoms with E-state index in [1.165, 1.54) is 30.3 Å². The zero-order valence-electron chi connectivity index (χ0n) is 18.9. The van der Waals surface area contributed by atoms with Crippen molar-refractivity contribution >= 4 is 22.8 Å². The summed E-state index contributed by atoms with van der Waals surface area (Å²) in [6, 6.07) is 13.4. The van der Waals surface area contributed by atoms with E-state index in [-0.39, 0.29) is 34.0 Å². The molecule has 0 fully saturated rings. The van der Waals surface area contributed by atoms with E-state index in [0.29, 0.717) is 40.1 Å². The molecule has 1 aliphatic heterocycles. The van der Waals surface area contributed by atoms with Gasteiger partial charge in [-0.15, -0.1) is 0 Å². The van der Waals surface area contributed by atoms with Crippen LogP contribution in [0.5, 0.6) is 5.75 Å². The Bertz CT molecular complexity index is 1420. The summed E-state index contributed by atoms with van der Waals surface area (Å²) in [7, 11) is 0. The van der Waals surface area contributed by atoms with Crippen LogP contribution < -0.4 is 10.7 Å². The number of carbonyl (C=O) groups excluding carboxylic acids is 1. The van der Waals surface area contributed by atoms with Gasteiger partial charge >= 0.3 is 5.97 Å². The van der Waals surface area contributed by atoms with Crippen LogP contribution in [-0.4, -0.2) is 28.6 Å². The fraction of sp³-hybridized carbons (Fsp3) is 0.222. The maximum absolute atomic E-state index is 12.6. The second kappa shape index (κ2) is 9.39. The summed E-state index contributed by atoms with van der Waals surface area (Å²) in [5.74, 6) is -0.745. The zero-order chi connectivity index (χ0) is 24.4. The number of phenolic OH excluding ortho intramolecular Hbond substituents is 1. The van der Waals surface area contributed by atoms with Crippen molar-refractivity contribution < 1.29 is 24.2 Å². The second-order valence-electron chi connectivity index (χ2n) is 8.67. The number of amides is 1. The molecule has 2 aliphatic rings. The van der Waals surface area contributed by atoms with E-state index in [0.717, 1.165) is 12.8 Å². The molecule has 0 saturated carbocycles. The maximum Gasteiger partial charge on any atom is 0.336 e. The number of aromatic hydroxyl groups is 1. The Morgan fingerprint density at radius 2 is 1.76 bits per heavy atom. The summed E-state index contributed by atoms with van der Waals surface area (Å²) >= 11 is 0. The molecule has 0 bridgehead atoms. The molecule has 4 rings (SSSR count). The van der Waals surface area contributed by atoms with Gasteiger partial charge in [-0.05, 0) is 60.7 Å². The minimum Gasteiger partial charge on any atom is -0.508 e. The number of phenols is 1. The third-order valence-corrected chi connectivity index (χ3v) is 5.70. The number of carboxylic acid groups (broad SMARTS) is 1. The minimum absolute atomic E-state index is 0.0252. The molecular formula is C27H25NO6. The van der Waals surface area contributed by atoms with Gasteiger partial charge in [0.2, 0.25) is 0 Å². The van der Waals surface area contributed by atoms with Gasteiger partial charge in [0.05, 0.1) is 5.56 Å². The van der Waals surface area contributed by atoms with Crippen molar-refractivity contribution in [2.75, 3.05) is 6.54 Å². The van der Waals surface area contributed by atoms with E-state index in [4.69, 9.17) is 4.42 Å². The van der Waals surface area contributed by atoms with Crippen LogP contribution in [-0.2, 0) is 0 Å². The second-order valence-corrected chi connectivity index (χ2v) is 8.67. The average Bonchev–Trinajstić information content (AvgIpc) is 2.79. The van der Waals surface area contributed by atoms with Crippen LogP contribution in [0.3, 0.4) is 0 Å². The largest absolute Gasteiger partial charge is 0.508 e. The smallest absolute Gasteiger partial charge is 0.336 e. The first-order valence-corrected chi connectivity index (χ1v) is 11.1. The first kappa shape index (κ1) is 23.0. The molecule has 2 aromatic carbocycles. The Labute approximate surface area is 196 Å². The van der Waals surface area contributed by atoms with Gasteiger partial charge in [0.15, 0.2) is 5.43 Å². The van der Waals surface area contributed by atoms with Crippen LogP contribution in [0, 0.1) is 5.92 Å². The molecule has 7 heteroatoms. The van der Waals surface area contributed by atoms with Crippen molar-refractivity contribution in [2.24, 2.45) is 5.92 Å². The van der Waals surface area contributed by atoms with E-state index < -0.39 is 5.97 Å². The molecule has 1 amide bonds. The van der Waals surface area contributed by atoms with Crippen molar-refractivity contribution in [1.29, 1.82) is 0 Å². The molecule has 1 aliphatic carbocycles. The van der Waals surface area contributed by atoms with Gasteiger partial charge in [-0.1, -0.05) is 19.9 Å². The van der Waals surface area contributed by atoms with Crippen LogP contribution in [0.25, 0.3) is 33.4 Å². The summed E-state index contributed by atoms with van der Waals surface area (Å²) in [4.78, 5) is 36.8. The van der Waals surface area contributed by atoms with Crippen LogP contribution >= 0.6 is 0 Å². The van der Waals surface area contributed by atoms with Crippen molar-refractivity contribution in [3.63, 3.8) is 0 Å². The molecule has 174 valence electrons. The number of nitrogens with one attached hydrogen (secondary N) is 1. The van der Waals surface area contributed by atoms with Gasteiger partial charge in [-0.25, -0.2) is 4.79 Å². The van der Waals surface area contributed by atoms with Crippen LogP contribution in [0.2, 0.25) is 0 Å². The lowest BCUT2D eigenvalue weighted by molar-refractivity contribution is 0.0697. The summed E-state index contributed by atoms with van der Waals surface area (Å²) < 4.78 is 5.83. The normalized spacial score (nSPS) is 11.3. The molecule has 0 saturated heterocycles. The number of aromatic carboxylic acids is 1. The van der Waals surface area contributed by atoms with Crippen molar-refractivity contribution in [3.05, 3.63) is 75.9 Å². The molecule has 7 nitrogen and oxygen atoms in total. The number of rotatable bonds is 7. The zero-order valence-corrected chi connectivity index (χ0v) is 18.9. The first-order chi connectivity index (χ1) is 16.2. The summed E-state index contributed by atoms with van der Waals surface area (Å²) in [6.45, 7) is 4.74. The van der Waals surface area contributed by atoms with Gasteiger partial charge in [-0.3, -0.25) is 9.59 Å². The fourth-order valence-electron chi connectivity index (χ4n) is 4.04. The van der Waals surface area contributed by atoms with E-state index in [1.807, 2.05) is 0 Å². The minimum atomic E-state index is -1.19. The fourth-order valence-corrected chi connectivity index (χ4v) is 4.04. The topological polar surface area (TPSA) is 117 Å². The monoisotopic (exact) mass is 459 g/mol. The molecule has 2 aromatic rings. The van der Waals surface area contributed by atoms with Gasteiger partial charge in [0.1, 0.15) is 17.1 Å². The highest BCUT2D eigenvalue weighted by molar-refractivity contribution is 6.09. The lowest BCUT2D eigenvalue weighted by Crippen LogP contribution is -2.25. The Hall–Kier alpha value is -4.13. The van der Waals surface area contributed by atoms with Gasteiger partial charge in [0, 0.05) is 40.8 Å². The first-order valence-electron chi connectivity index (χ1n) is 11.1. The van der Waals surface area contributed by atoms with E-state index >= 15 is 0 Å². The highest BCUT2D eigenvalue weighted by Gasteiger charge is 2.23. The summed E-state index contributed by atoms with van der Waals surface area (Å²) in [6.07, 6.45) is 1.83. The number of benzene rings is 3. The third-order valence-electron chi connectivity index (χ3n) is 5.70. The highest BCUT2D eigenvalue weighted by Crippen LogP contribution is 2.42. The van der Waals surface area contributed by atoms with Crippen LogP contribution in [0.4, 0.5) is 0 Å². The Morgan fingerprint density at radius 3 is 2.50 bits per heavy atom. The standard InChI is InChI=1S/C27H25NO6/c1-15(2)4-3-11-28-26(31)16-5-8-19(22(12-16)27(32)33)25-20-9-6-17(29)13-23(20)34-24-14-18(30)7-10-21(24)25/h5-10,12-15,29H,3-4,11H2,1-2H3,(H,28,31)(H,32,33). The van der Waals surface area contributed by atoms with E-state index in [2.05, 4.69) is 19.2 Å². The Morgan fingerprint density at radius 1 is 1.00 bits per heavy atom. The molecule has 34 heavy (non-hydrogen) atoms. The summed E-state index contributed by atoms with van der Waals surface area (Å²) in [5.41, 5.74) is 1.70. The average molecular weight is 459 g/mol. The van der Waals surface area contributed by atoms with Gasteiger partial charge in [0.25, 0.3) is 5.91 Å². The molecule has 0 atom stereocenters. The SMILES string of the molecule is CC(C)CCCNC(=O)c1ccc(-c2c3ccc(=O)cc-3oc3cc(O)ccc23)c(C(=O)O)c1. The number of hydrogen-bond donors (Lipinski definition) is 3. The lowest BCUT2D eigenvalue weighted by Gasteiger charge is -2.17. The number of carbonyl (C=O) groups is 2.